The van der Waals surface area contributed by atoms with Gasteiger partial charge < -0.3 is 0 Å². The van der Waals surface area contributed by atoms with E-state index in [2.05, 4.69) is 25.6 Å². The topological polar surface area (TPSA) is 199 Å². The molecule has 14 nitrogen and oxygen atoms in total. The monoisotopic (exact) mass is 753 g/mol. The van der Waals surface area contributed by atoms with Gasteiger partial charge in [-0.15, -0.1) is 0 Å². The van der Waals surface area contributed by atoms with E-state index in [1.54, 1.807) is 20.8 Å². The normalized spacial score (nSPS) is 12.4. The van der Waals surface area contributed by atoms with Crippen LogP contribution in [0.15, 0.2) is 46.5 Å². The summed E-state index contributed by atoms with van der Waals surface area (Å²) in [5.41, 5.74) is -2.92. The molecule has 0 aliphatic rings. The Bertz CT molecular complexity index is 2160. The van der Waals surface area contributed by atoms with Crippen LogP contribution < -0.4 is 5.48 Å². The van der Waals surface area contributed by atoms with Crippen molar-refractivity contribution in [2.75, 3.05) is 18.0 Å². The summed E-state index contributed by atoms with van der Waals surface area (Å²) in [6, 6.07) is 7.43. The number of rotatable bonds is 6. The molecule has 0 radical (unpaired) electrons. The van der Waals surface area contributed by atoms with Crippen molar-refractivity contribution in [3.63, 3.8) is 0 Å². The summed E-state index contributed by atoms with van der Waals surface area (Å²) in [5.74, 6) is -0.654. The summed E-state index contributed by atoms with van der Waals surface area (Å²) in [7, 11) is -7.04. The van der Waals surface area contributed by atoms with E-state index in [4.69, 9.17) is 21.7 Å². The van der Waals surface area contributed by atoms with Gasteiger partial charge in [0.25, 0.3) is 0 Å². The summed E-state index contributed by atoms with van der Waals surface area (Å²) in [5, 5.41) is 24.1. The average Bonchev–Trinajstić information content (AvgIpc) is 3.53. The van der Waals surface area contributed by atoms with Crippen LogP contribution in [0.5, 0.6) is 0 Å². The molecule has 4 heterocycles. The highest BCUT2D eigenvalue weighted by atomic mass is 35.5. The molecule has 0 bridgehead atoms. The summed E-state index contributed by atoms with van der Waals surface area (Å²) in [6.45, 7) is 4.95. The molecule has 0 aliphatic carbocycles. The van der Waals surface area contributed by atoms with Crippen LogP contribution in [0, 0.1) is 22.7 Å². The first-order valence-electron chi connectivity index (χ1n) is 12.9. The minimum Gasteiger partial charge on any atom is -0.269 e. The van der Waals surface area contributed by atoms with E-state index >= 15 is 0 Å². The summed E-state index contributed by atoms with van der Waals surface area (Å²) in [6.07, 6.45) is -5.87. The second kappa shape index (κ2) is 13.6. The second-order valence-corrected chi connectivity index (χ2v) is 15.1. The van der Waals surface area contributed by atoms with Crippen molar-refractivity contribution in [3.8, 4) is 23.8 Å². The molecule has 262 valence electrons. The first kappa shape index (κ1) is 38.7. The van der Waals surface area contributed by atoms with Gasteiger partial charge in [-0.1, -0.05) is 11.6 Å². The van der Waals surface area contributed by atoms with E-state index in [0.717, 1.165) is 41.7 Å². The third kappa shape index (κ3) is 9.23. The lowest BCUT2D eigenvalue weighted by Gasteiger charge is -2.20. The van der Waals surface area contributed by atoms with Crippen molar-refractivity contribution in [2.24, 2.45) is 0 Å². The first-order chi connectivity index (χ1) is 22.3. The van der Waals surface area contributed by atoms with Crippen LogP contribution in [-0.4, -0.2) is 64.5 Å². The van der Waals surface area contributed by atoms with Gasteiger partial charge in [0, 0.05) is 24.9 Å². The maximum atomic E-state index is 13.2. The molecule has 0 saturated heterocycles. The minimum absolute atomic E-state index is 0.115. The molecule has 49 heavy (non-hydrogen) atoms. The fourth-order valence-corrected chi connectivity index (χ4v) is 4.84. The van der Waals surface area contributed by atoms with Gasteiger partial charge in [0.1, 0.15) is 23.3 Å². The molecular formula is C26H22ClF6N9O5S2. The van der Waals surface area contributed by atoms with E-state index < -0.39 is 65.3 Å². The zero-order valence-electron chi connectivity index (χ0n) is 25.5. The van der Waals surface area contributed by atoms with Crippen LogP contribution in [0.4, 0.5) is 32.2 Å². The molecule has 0 aromatic carbocycles. The van der Waals surface area contributed by atoms with Crippen molar-refractivity contribution in [1.82, 2.24) is 29.5 Å². The van der Waals surface area contributed by atoms with Crippen LogP contribution in [-0.2, 0) is 36.9 Å². The van der Waals surface area contributed by atoms with E-state index in [1.807, 2.05) is 0 Å². The van der Waals surface area contributed by atoms with E-state index in [9.17, 15) is 48.4 Å². The Morgan fingerprint density at radius 2 is 1.16 bits per heavy atom. The van der Waals surface area contributed by atoms with Crippen LogP contribution in [0.3, 0.4) is 0 Å². The number of anilines is 1. The summed E-state index contributed by atoms with van der Waals surface area (Å²) in [4.78, 5) is 12.6. The molecule has 0 fully saturated rings. The van der Waals surface area contributed by atoms with E-state index in [0.29, 0.717) is 4.68 Å². The number of nitriles is 2. The lowest BCUT2D eigenvalue weighted by Crippen LogP contribution is -2.24. The first-order valence-corrected chi connectivity index (χ1v) is 17.1. The fourth-order valence-electron chi connectivity index (χ4n) is 3.46. The molecule has 4 rings (SSSR count). The Morgan fingerprint density at radius 1 is 0.755 bits per heavy atom. The molecule has 4 aromatic heterocycles. The SMILES string of the molecule is CC(C)(C)ONc1c(C#N)c(C(F)(F)F)nn1-c1ccc(S(C)(=O)=O)cn1.CS(=O)(=O)c1ccc(-n2nc(C(F)(F)F)c(C#N)c2Cl)nc1. The standard InChI is InChI=1S/C15H16F3N5O3S.C11H6ClF3N4O2S/c1-14(2,3)26-22-13-10(7-19)12(15(16,17)18)21-23(13)11-6-5-9(8-20-11)27(4,24)25;1-22(20,21)6-2-3-8(17-5-6)19-10(12)7(4-16)9(18-19)11(13,14)15/h5-6,8,22H,1-4H3;2-3,5H,1H3. The largest absolute Gasteiger partial charge is 0.436 e. The number of aromatic nitrogens is 6. The van der Waals surface area contributed by atoms with Crippen molar-refractivity contribution < 1.29 is 48.0 Å². The Hall–Kier alpha value is -4.77. The maximum absolute atomic E-state index is 13.2. The van der Waals surface area contributed by atoms with Gasteiger partial charge in [0.05, 0.1) is 15.4 Å². The number of alkyl halides is 6. The van der Waals surface area contributed by atoms with E-state index in [-0.39, 0.29) is 27.2 Å². The van der Waals surface area contributed by atoms with Crippen molar-refractivity contribution in [2.45, 2.75) is 48.5 Å². The second-order valence-electron chi connectivity index (χ2n) is 10.7. The minimum atomic E-state index is -4.89. The molecule has 1 N–H and O–H groups in total. The molecule has 23 heteroatoms. The zero-order valence-corrected chi connectivity index (χ0v) is 27.9. The number of hydrogen-bond donors (Lipinski definition) is 1. The zero-order chi connectivity index (χ0) is 37.3. The average molecular weight is 754 g/mol. The van der Waals surface area contributed by atoms with Crippen molar-refractivity contribution >= 4 is 37.1 Å². The highest BCUT2D eigenvalue weighted by molar-refractivity contribution is 7.91. The summed E-state index contributed by atoms with van der Waals surface area (Å²) < 4.78 is 125. The van der Waals surface area contributed by atoms with E-state index in [1.165, 1.54) is 24.3 Å². The van der Waals surface area contributed by atoms with Gasteiger partial charge in [-0.3, -0.25) is 4.84 Å². The van der Waals surface area contributed by atoms with Gasteiger partial charge in [-0.2, -0.15) is 51.7 Å². The molecule has 0 saturated carbocycles. The lowest BCUT2D eigenvalue weighted by molar-refractivity contribution is -0.142. The molecule has 0 aliphatic heterocycles. The highest BCUT2D eigenvalue weighted by Crippen LogP contribution is 2.36. The Kier molecular flexibility index (Phi) is 10.8. The van der Waals surface area contributed by atoms with Crippen LogP contribution in [0.2, 0.25) is 5.15 Å². The van der Waals surface area contributed by atoms with Crippen LogP contribution >= 0.6 is 11.6 Å². The number of hydrogen-bond acceptors (Lipinski definition) is 12. The lowest BCUT2D eigenvalue weighted by atomic mass is 10.2. The van der Waals surface area contributed by atoms with Crippen LogP contribution in [0.1, 0.15) is 43.3 Å². The molecular weight excluding hydrogens is 732 g/mol. The molecule has 0 unspecified atom stereocenters. The quantitative estimate of drug-likeness (QED) is 0.206. The molecule has 4 aromatic rings. The maximum Gasteiger partial charge on any atom is 0.436 e. The predicted molar refractivity (Wildman–Crippen MR) is 158 cm³/mol. The Morgan fingerprint density at radius 3 is 1.49 bits per heavy atom. The number of nitrogens with one attached hydrogen (secondary N) is 1. The van der Waals surface area contributed by atoms with Crippen LogP contribution in [0.25, 0.3) is 11.6 Å². The predicted octanol–water partition coefficient (Wildman–Crippen LogP) is 4.92. The summed E-state index contributed by atoms with van der Waals surface area (Å²) >= 11 is 5.72. The number of halogens is 7. The molecule has 0 amide bonds. The van der Waals surface area contributed by atoms with Gasteiger partial charge in [-0.25, -0.2) is 37.0 Å². The number of pyridine rings is 2. The Balaban J connectivity index is 0.000000271. The van der Waals surface area contributed by atoms with Gasteiger partial charge >= 0.3 is 12.4 Å². The molecule has 0 spiro atoms. The smallest absolute Gasteiger partial charge is 0.269 e. The van der Waals surface area contributed by atoms with Gasteiger partial charge in [0.15, 0.2) is 53.7 Å². The highest BCUT2D eigenvalue weighted by Gasteiger charge is 2.41. The van der Waals surface area contributed by atoms with Gasteiger partial charge in [0.2, 0.25) is 0 Å². The Labute approximate surface area is 279 Å². The van der Waals surface area contributed by atoms with Gasteiger partial charge in [-0.05, 0) is 45.0 Å². The fraction of sp³-hybridized carbons (Fsp3) is 0.308. The third-order valence-corrected chi connectivity index (χ3v) is 8.21. The van der Waals surface area contributed by atoms with Crippen molar-refractivity contribution in [3.05, 3.63) is 64.3 Å². The number of sulfone groups is 2. The van der Waals surface area contributed by atoms with Crippen molar-refractivity contribution in [1.29, 1.82) is 10.5 Å². The number of nitrogens with zero attached hydrogens (tertiary/aromatic N) is 8. The molecule has 0 atom stereocenters. The third-order valence-electron chi connectivity index (χ3n) is 5.66.